The van der Waals surface area contributed by atoms with E-state index in [2.05, 4.69) is 36.1 Å². The number of ether oxygens (including phenoxy) is 1. The van der Waals surface area contributed by atoms with Crippen molar-refractivity contribution in [1.82, 2.24) is 0 Å². The molecule has 162 valence electrons. The molecule has 1 nitrogen and oxygen atoms in total. The van der Waals surface area contributed by atoms with E-state index in [4.69, 9.17) is 4.74 Å². The normalized spacial score (nSPS) is 11.4. The highest BCUT2D eigenvalue weighted by atomic mass is 19.1. The summed E-state index contributed by atoms with van der Waals surface area (Å²) < 4.78 is 34.2. The van der Waals surface area contributed by atoms with Crippen LogP contribution in [0.2, 0.25) is 0 Å². The van der Waals surface area contributed by atoms with Crippen molar-refractivity contribution in [1.29, 1.82) is 0 Å². The van der Waals surface area contributed by atoms with Crippen LogP contribution in [-0.4, -0.2) is 6.61 Å². The molecule has 4 aromatic rings. The van der Waals surface area contributed by atoms with Gasteiger partial charge in [-0.25, -0.2) is 8.78 Å². The van der Waals surface area contributed by atoms with Gasteiger partial charge in [0.05, 0.1) is 12.2 Å². The lowest BCUT2D eigenvalue weighted by atomic mass is 10.0. The van der Waals surface area contributed by atoms with Crippen LogP contribution in [0.15, 0.2) is 72.8 Å². The fourth-order valence-corrected chi connectivity index (χ4v) is 4.23. The average Bonchev–Trinajstić information content (AvgIpc) is 3.17. The van der Waals surface area contributed by atoms with E-state index in [1.165, 1.54) is 34.4 Å². The predicted octanol–water partition coefficient (Wildman–Crippen LogP) is 7.31. The zero-order valence-electron chi connectivity index (χ0n) is 18.5. The molecule has 1 aliphatic rings. The number of rotatable bonds is 3. The maximum absolute atomic E-state index is 14.7. The van der Waals surface area contributed by atoms with Crippen molar-refractivity contribution in [2.75, 3.05) is 6.61 Å². The third-order valence-corrected chi connectivity index (χ3v) is 5.98. The van der Waals surface area contributed by atoms with Crippen LogP contribution < -0.4 is 4.74 Å². The van der Waals surface area contributed by atoms with Gasteiger partial charge < -0.3 is 4.74 Å². The Morgan fingerprint density at radius 2 is 1.45 bits per heavy atom. The number of hydrogen-bond donors (Lipinski definition) is 0. The van der Waals surface area contributed by atoms with E-state index >= 15 is 0 Å². The van der Waals surface area contributed by atoms with Gasteiger partial charge in [-0.3, -0.25) is 0 Å². The Hall–Kier alpha value is -3.90. The van der Waals surface area contributed by atoms with Gasteiger partial charge in [0.15, 0.2) is 0 Å². The lowest BCUT2D eigenvalue weighted by Crippen LogP contribution is -1.92. The lowest BCUT2D eigenvalue weighted by Gasteiger charge is -2.05. The number of fused-ring (bicyclic) bond motifs is 3. The summed E-state index contributed by atoms with van der Waals surface area (Å²) in [6, 6.07) is 22.1. The molecule has 0 aromatic heterocycles. The summed E-state index contributed by atoms with van der Waals surface area (Å²) in [7, 11) is 0. The molecule has 0 N–H and O–H groups in total. The monoisotopic (exact) mass is 436 g/mol. The molecule has 0 fully saturated rings. The van der Waals surface area contributed by atoms with Gasteiger partial charge in [0.2, 0.25) is 0 Å². The second-order valence-corrected chi connectivity index (χ2v) is 8.21. The second-order valence-electron chi connectivity index (χ2n) is 8.21. The van der Waals surface area contributed by atoms with Crippen LogP contribution in [-0.2, 0) is 6.42 Å². The van der Waals surface area contributed by atoms with E-state index in [0.717, 1.165) is 17.7 Å². The molecular formula is C30H22F2O. The van der Waals surface area contributed by atoms with E-state index in [-0.39, 0.29) is 5.82 Å². The van der Waals surface area contributed by atoms with Crippen molar-refractivity contribution >= 4 is 0 Å². The van der Waals surface area contributed by atoms with Gasteiger partial charge in [0, 0.05) is 5.56 Å². The van der Waals surface area contributed by atoms with E-state index in [1.54, 1.807) is 31.2 Å². The molecule has 3 heteroatoms. The van der Waals surface area contributed by atoms with E-state index < -0.39 is 5.82 Å². The third-order valence-electron chi connectivity index (χ3n) is 5.98. The van der Waals surface area contributed by atoms with E-state index in [9.17, 15) is 8.78 Å². The fourth-order valence-electron chi connectivity index (χ4n) is 4.23. The van der Waals surface area contributed by atoms with E-state index in [1.807, 2.05) is 19.1 Å². The van der Waals surface area contributed by atoms with E-state index in [0.29, 0.717) is 28.9 Å². The molecule has 0 amide bonds. The van der Waals surface area contributed by atoms with Gasteiger partial charge in [-0.15, -0.1) is 0 Å². The summed E-state index contributed by atoms with van der Waals surface area (Å²) in [6.45, 7) is 4.32. The molecule has 0 unspecified atom stereocenters. The van der Waals surface area contributed by atoms with Crippen LogP contribution in [0.25, 0.3) is 22.3 Å². The van der Waals surface area contributed by atoms with Crippen molar-refractivity contribution in [3.05, 3.63) is 112 Å². The number of aryl methyl sites for hydroxylation is 1. The first-order valence-corrected chi connectivity index (χ1v) is 11.0. The molecule has 0 saturated carbocycles. The number of hydrogen-bond acceptors (Lipinski definition) is 1. The van der Waals surface area contributed by atoms with Gasteiger partial charge >= 0.3 is 0 Å². The molecule has 0 atom stereocenters. The average molecular weight is 437 g/mol. The first-order chi connectivity index (χ1) is 16.0. The summed E-state index contributed by atoms with van der Waals surface area (Å²) >= 11 is 0. The lowest BCUT2D eigenvalue weighted by molar-refractivity contribution is 0.340. The van der Waals surface area contributed by atoms with Crippen LogP contribution in [0, 0.1) is 30.4 Å². The van der Waals surface area contributed by atoms with Crippen molar-refractivity contribution in [3.63, 3.8) is 0 Å². The summed E-state index contributed by atoms with van der Waals surface area (Å²) in [4.78, 5) is 0. The van der Waals surface area contributed by atoms with Gasteiger partial charge in [0.25, 0.3) is 0 Å². The van der Waals surface area contributed by atoms with Crippen molar-refractivity contribution < 1.29 is 13.5 Å². The summed E-state index contributed by atoms with van der Waals surface area (Å²) in [5.74, 6) is 6.20. The third kappa shape index (κ3) is 4.13. The minimum Gasteiger partial charge on any atom is -0.494 e. The Bertz CT molecular complexity index is 1440. The maximum Gasteiger partial charge on any atom is 0.139 e. The number of benzene rings is 4. The summed E-state index contributed by atoms with van der Waals surface area (Å²) in [5.41, 5.74) is 7.88. The van der Waals surface area contributed by atoms with Gasteiger partial charge in [-0.2, -0.15) is 0 Å². The molecular weight excluding hydrogens is 414 g/mol. The molecule has 0 bridgehead atoms. The molecule has 5 rings (SSSR count). The molecule has 0 radical (unpaired) electrons. The molecule has 4 aromatic carbocycles. The van der Waals surface area contributed by atoms with Crippen molar-refractivity contribution in [2.24, 2.45) is 0 Å². The molecule has 0 saturated heterocycles. The Morgan fingerprint density at radius 1 is 0.758 bits per heavy atom. The Kier molecular flexibility index (Phi) is 5.44. The molecule has 33 heavy (non-hydrogen) atoms. The van der Waals surface area contributed by atoms with Crippen LogP contribution in [0.5, 0.6) is 5.75 Å². The van der Waals surface area contributed by atoms with Crippen LogP contribution in [0.4, 0.5) is 8.78 Å². The second kappa shape index (κ2) is 8.56. The SMILES string of the molecule is CCOc1ccc2c(c1)Cc1cc(C#Cc3ccc(-c4ccc(C)c(F)c4)cc3F)ccc1-2. The smallest absolute Gasteiger partial charge is 0.139 e. The quantitative estimate of drug-likeness (QED) is 0.270. The predicted molar refractivity (Wildman–Crippen MR) is 128 cm³/mol. The van der Waals surface area contributed by atoms with Crippen molar-refractivity contribution in [2.45, 2.75) is 20.3 Å². The van der Waals surface area contributed by atoms with Gasteiger partial charge in [-0.1, -0.05) is 42.2 Å². The Morgan fingerprint density at radius 3 is 2.18 bits per heavy atom. The van der Waals surface area contributed by atoms with Gasteiger partial charge in [-0.05, 0) is 102 Å². The molecule has 0 aliphatic heterocycles. The van der Waals surface area contributed by atoms with Crippen LogP contribution >= 0.6 is 0 Å². The largest absolute Gasteiger partial charge is 0.494 e. The number of halogens is 2. The minimum absolute atomic E-state index is 0.301. The molecule has 1 aliphatic carbocycles. The highest BCUT2D eigenvalue weighted by Gasteiger charge is 2.19. The highest BCUT2D eigenvalue weighted by Crippen LogP contribution is 2.38. The Balaban J connectivity index is 1.39. The summed E-state index contributed by atoms with van der Waals surface area (Å²) in [6.07, 6.45) is 0.831. The van der Waals surface area contributed by atoms with Crippen molar-refractivity contribution in [3.8, 4) is 39.8 Å². The van der Waals surface area contributed by atoms with Gasteiger partial charge in [0.1, 0.15) is 17.4 Å². The first-order valence-electron chi connectivity index (χ1n) is 11.0. The Labute approximate surface area is 192 Å². The first kappa shape index (κ1) is 21.0. The zero-order chi connectivity index (χ0) is 22.9. The van der Waals surface area contributed by atoms with Crippen LogP contribution in [0.3, 0.4) is 0 Å². The highest BCUT2D eigenvalue weighted by molar-refractivity contribution is 5.78. The topological polar surface area (TPSA) is 9.23 Å². The fraction of sp³-hybridized carbons (Fsp3) is 0.133. The summed E-state index contributed by atoms with van der Waals surface area (Å²) in [5, 5.41) is 0. The molecule has 0 spiro atoms. The maximum atomic E-state index is 14.7. The molecule has 0 heterocycles. The zero-order valence-corrected chi connectivity index (χ0v) is 18.5. The van der Waals surface area contributed by atoms with Crippen LogP contribution in [0.1, 0.15) is 34.7 Å². The standard InChI is InChI=1S/C30H22F2O/c1-3-33-26-11-13-28-25(16-26)15-24-14-20(6-12-27(24)28)5-8-21-9-10-23(18-30(21)32)22-7-4-19(2)29(31)17-22/h4,6-7,9-14,16-18H,3,15H2,1-2H3. The minimum atomic E-state index is -0.419.